The topological polar surface area (TPSA) is 76.7 Å². The first-order valence-corrected chi connectivity index (χ1v) is 10.3. The molecule has 2 N–H and O–H groups in total. The zero-order chi connectivity index (χ0) is 22.5. The minimum Gasteiger partial charge on any atom is -0.457 e. The van der Waals surface area contributed by atoms with Crippen molar-refractivity contribution < 1.29 is 19.1 Å². The van der Waals surface area contributed by atoms with Crippen LogP contribution in [0.3, 0.4) is 0 Å². The van der Waals surface area contributed by atoms with Crippen molar-refractivity contribution in [3.05, 3.63) is 107 Å². The number of hydrogen-bond acceptors (Lipinski definition) is 4. The fourth-order valence-electron chi connectivity index (χ4n) is 3.54. The molecule has 32 heavy (non-hydrogen) atoms. The van der Waals surface area contributed by atoms with Crippen molar-refractivity contribution in [2.75, 3.05) is 0 Å². The lowest BCUT2D eigenvalue weighted by Gasteiger charge is -2.28. The van der Waals surface area contributed by atoms with Gasteiger partial charge in [0, 0.05) is 5.70 Å². The van der Waals surface area contributed by atoms with E-state index in [1.165, 1.54) is 0 Å². The third-order valence-corrected chi connectivity index (χ3v) is 5.24. The van der Waals surface area contributed by atoms with Gasteiger partial charge in [-0.2, -0.15) is 0 Å². The van der Waals surface area contributed by atoms with E-state index in [0.29, 0.717) is 17.0 Å². The number of allylic oxidation sites excluding steroid dienone is 1. The van der Waals surface area contributed by atoms with E-state index in [9.17, 15) is 9.59 Å². The molecular formula is C26H24N2O4. The first-order chi connectivity index (χ1) is 15.5. The first-order valence-electron chi connectivity index (χ1n) is 10.3. The molecule has 6 nitrogen and oxygen atoms in total. The second kappa shape index (κ2) is 9.39. The summed E-state index contributed by atoms with van der Waals surface area (Å²) >= 11 is 0. The summed E-state index contributed by atoms with van der Waals surface area (Å²) in [5, 5.41) is 5.48. The van der Waals surface area contributed by atoms with Crippen molar-refractivity contribution in [1.29, 1.82) is 0 Å². The average molecular weight is 428 g/mol. The maximum absolute atomic E-state index is 12.9. The molecular weight excluding hydrogens is 404 g/mol. The zero-order valence-corrected chi connectivity index (χ0v) is 17.9. The fraction of sp³-hybridized carbons (Fsp3) is 0.154. The Balaban J connectivity index is 1.53. The van der Waals surface area contributed by atoms with E-state index in [1.54, 1.807) is 6.92 Å². The number of esters is 1. The molecule has 0 radical (unpaired) electrons. The quantitative estimate of drug-likeness (QED) is 0.532. The molecule has 2 amide bonds. The zero-order valence-electron chi connectivity index (χ0n) is 17.9. The summed E-state index contributed by atoms with van der Waals surface area (Å²) < 4.78 is 11.5. The number of carbonyl (C=O) groups excluding carboxylic acids is 2. The largest absolute Gasteiger partial charge is 0.457 e. The number of hydrogen-bond donors (Lipinski definition) is 2. The van der Waals surface area contributed by atoms with Crippen molar-refractivity contribution in [3.63, 3.8) is 0 Å². The van der Waals surface area contributed by atoms with Crippen molar-refractivity contribution in [3.8, 4) is 11.5 Å². The standard InChI is InChI=1S/C26H24N2O4/c1-17-8-6-7-11-22(17)32-21-14-12-20(13-15-21)24-23(18(2)27-26(30)28-24)25(29)31-16-19-9-4-3-5-10-19/h3-15,24H,16H2,1-2H3,(H2,27,28,30). The van der Waals surface area contributed by atoms with E-state index in [4.69, 9.17) is 9.47 Å². The van der Waals surface area contributed by atoms with Gasteiger partial charge in [-0.1, -0.05) is 60.7 Å². The molecule has 3 aromatic rings. The van der Waals surface area contributed by atoms with Gasteiger partial charge >= 0.3 is 12.0 Å². The molecule has 0 saturated carbocycles. The first kappa shape index (κ1) is 21.2. The van der Waals surface area contributed by atoms with Crippen LogP contribution >= 0.6 is 0 Å². The smallest absolute Gasteiger partial charge is 0.338 e. The Hall–Kier alpha value is -4.06. The third kappa shape index (κ3) is 4.81. The minimum atomic E-state index is -0.625. The highest BCUT2D eigenvalue weighted by Crippen LogP contribution is 2.31. The van der Waals surface area contributed by atoms with Crippen molar-refractivity contribution in [2.45, 2.75) is 26.5 Å². The molecule has 0 aliphatic carbocycles. The molecule has 1 heterocycles. The molecule has 0 aromatic heterocycles. The van der Waals surface area contributed by atoms with Crippen molar-refractivity contribution in [1.82, 2.24) is 10.6 Å². The van der Waals surface area contributed by atoms with Crippen LogP contribution in [-0.2, 0) is 16.1 Å². The number of aryl methyl sites for hydroxylation is 1. The maximum Gasteiger partial charge on any atom is 0.338 e. The minimum absolute atomic E-state index is 0.153. The lowest BCUT2D eigenvalue weighted by atomic mass is 9.95. The maximum atomic E-state index is 12.9. The molecule has 1 aliphatic rings. The second-order valence-electron chi connectivity index (χ2n) is 7.57. The van der Waals surface area contributed by atoms with Gasteiger partial charge in [-0.3, -0.25) is 0 Å². The molecule has 0 saturated heterocycles. The number of rotatable bonds is 6. The van der Waals surface area contributed by atoms with Crippen LogP contribution in [0, 0.1) is 6.92 Å². The van der Waals surface area contributed by atoms with Crippen LogP contribution in [0.1, 0.15) is 29.7 Å². The van der Waals surface area contributed by atoms with E-state index in [2.05, 4.69) is 10.6 Å². The van der Waals surface area contributed by atoms with E-state index in [-0.39, 0.29) is 12.6 Å². The van der Waals surface area contributed by atoms with Gasteiger partial charge in [-0.05, 0) is 48.7 Å². The van der Waals surface area contributed by atoms with Crippen LogP contribution in [0.25, 0.3) is 0 Å². The summed E-state index contributed by atoms with van der Waals surface area (Å²) in [5.41, 5.74) is 3.51. The molecule has 6 heteroatoms. The Kier molecular flexibility index (Phi) is 6.22. The van der Waals surface area contributed by atoms with Gasteiger partial charge in [-0.25, -0.2) is 9.59 Å². The van der Waals surface area contributed by atoms with Crippen LogP contribution < -0.4 is 15.4 Å². The number of ether oxygens (including phenoxy) is 2. The van der Waals surface area contributed by atoms with Gasteiger partial charge in [0.15, 0.2) is 0 Å². The molecule has 1 unspecified atom stereocenters. The number of carbonyl (C=O) groups is 2. The number of benzene rings is 3. The van der Waals surface area contributed by atoms with E-state index in [1.807, 2.05) is 85.8 Å². The molecule has 3 aromatic carbocycles. The summed E-state index contributed by atoms with van der Waals surface area (Å²) in [7, 11) is 0. The molecule has 1 aliphatic heterocycles. The summed E-state index contributed by atoms with van der Waals surface area (Å²) in [5.74, 6) is 0.956. The van der Waals surface area contributed by atoms with Gasteiger partial charge in [-0.15, -0.1) is 0 Å². The molecule has 0 fully saturated rings. The van der Waals surface area contributed by atoms with Gasteiger partial charge < -0.3 is 20.1 Å². The predicted octanol–water partition coefficient (Wildman–Crippen LogP) is 5.16. The highest BCUT2D eigenvalue weighted by Gasteiger charge is 2.32. The summed E-state index contributed by atoms with van der Waals surface area (Å²) in [6.07, 6.45) is 0. The van der Waals surface area contributed by atoms with Crippen LogP contribution in [-0.4, -0.2) is 12.0 Å². The van der Waals surface area contributed by atoms with Crippen molar-refractivity contribution in [2.24, 2.45) is 0 Å². The number of nitrogens with one attached hydrogen (secondary N) is 2. The Morgan fingerprint density at radius 3 is 2.31 bits per heavy atom. The van der Waals surface area contributed by atoms with Crippen LogP contribution in [0.4, 0.5) is 4.79 Å². The van der Waals surface area contributed by atoms with Crippen LogP contribution in [0.5, 0.6) is 11.5 Å². The predicted molar refractivity (Wildman–Crippen MR) is 121 cm³/mol. The Morgan fingerprint density at radius 1 is 0.906 bits per heavy atom. The number of amides is 2. The summed E-state index contributed by atoms with van der Waals surface area (Å²) in [4.78, 5) is 25.0. The lowest BCUT2D eigenvalue weighted by molar-refractivity contribution is -0.140. The van der Waals surface area contributed by atoms with Crippen LogP contribution in [0.15, 0.2) is 90.1 Å². The molecule has 1 atom stereocenters. The van der Waals surface area contributed by atoms with E-state index >= 15 is 0 Å². The van der Waals surface area contributed by atoms with E-state index in [0.717, 1.165) is 22.4 Å². The molecule has 0 bridgehead atoms. The Labute approximate surface area is 186 Å². The summed E-state index contributed by atoms with van der Waals surface area (Å²) in [6.45, 7) is 3.83. The highest BCUT2D eigenvalue weighted by molar-refractivity contribution is 5.95. The SMILES string of the molecule is CC1=C(C(=O)OCc2ccccc2)C(c2ccc(Oc3ccccc3C)cc2)NC(=O)N1. The second-order valence-corrected chi connectivity index (χ2v) is 7.57. The lowest BCUT2D eigenvalue weighted by Crippen LogP contribution is -2.45. The van der Waals surface area contributed by atoms with E-state index < -0.39 is 12.0 Å². The summed E-state index contributed by atoms with van der Waals surface area (Å²) in [6, 6.07) is 23.5. The Bertz CT molecular complexity index is 1150. The molecule has 0 spiro atoms. The normalized spacial score (nSPS) is 15.6. The number of urea groups is 1. The number of para-hydroxylation sites is 1. The monoisotopic (exact) mass is 428 g/mol. The average Bonchev–Trinajstić information content (AvgIpc) is 2.80. The van der Waals surface area contributed by atoms with Gasteiger partial charge in [0.25, 0.3) is 0 Å². The van der Waals surface area contributed by atoms with Gasteiger partial charge in [0.2, 0.25) is 0 Å². The van der Waals surface area contributed by atoms with Crippen LogP contribution in [0.2, 0.25) is 0 Å². The fourth-order valence-corrected chi connectivity index (χ4v) is 3.54. The Morgan fingerprint density at radius 2 is 1.59 bits per heavy atom. The van der Waals surface area contributed by atoms with Gasteiger partial charge in [0.1, 0.15) is 18.1 Å². The molecule has 162 valence electrons. The van der Waals surface area contributed by atoms with Crippen molar-refractivity contribution >= 4 is 12.0 Å². The van der Waals surface area contributed by atoms with Gasteiger partial charge in [0.05, 0.1) is 11.6 Å². The highest BCUT2D eigenvalue weighted by atomic mass is 16.5. The molecule has 4 rings (SSSR count). The third-order valence-electron chi connectivity index (χ3n) is 5.24.